The Morgan fingerprint density at radius 2 is 1.71 bits per heavy atom. The summed E-state index contributed by atoms with van der Waals surface area (Å²) >= 11 is 3.51. The lowest BCUT2D eigenvalue weighted by Gasteiger charge is -2.18. The van der Waals surface area contributed by atoms with Gasteiger partial charge in [-0.3, -0.25) is 4.79 Å². The third-order valence-corrected chi connectivity index (χ3v) is 6.31. The molecular formula is C26H21BrN2O2. The SMILES string of the molecule is Cc1c(C(=O)NC[C@H](c2ccc(Br)cc2)c2c[nH]c3ccccc23)oc2ccccc12. The van der Waals surface area contributed by atoms with Crippen molar-refractivity contribution in [2.24, 2.45) is 0 Å². The molecule has 5 heteroatoms. The van der Waals surface area contributed by atoms with Crippen molar-refractivity contribution < 1.29 is 9.21 Å². The van der Waals surface area contributed by atoms with Crippen LogP contribution in [-0.2, 0) is 0 Å². The molecule has 3 aromatic carbocycles. The fourth-order valence-electron chi connectivity index (χ4n) is 4.15. The fraction of sp³-hybridized carbons (Fsp3) is 0.115. The van der Waals surface area contributed by atoms with Crippen LogP contribution in [0.15, 0.2) is 87.9 Å². The molecule has 0 radical (unpaired) electrons. The molecule has 0 saturated carbocycles. The largest absolute Gasteiger partial charge is 0.451 e. The first-order chi connectivity index (χ1) is 15.1. The topological polar surface area (TPSA) is 58.0 Å². The number of para-hydroxylation sites is 2. The van der Waals surface area contributed by atoms with Crippen LogP contribution in [0.3, 0.4) is 0 Å². The summed E-state index contributed by atoms with van der Waals surface area (Å²) in [6.45, 7) is 2.38. The third kappa shape index (κ3) is 3.66. The van der Waals surface area contributed by atoms with Gasteiger partial charge in [0.05, 0.1) is 0 Å². The fourth-order valence-corrected chi connectivity index (χ4v) is 4.41. The number of nitrogens with one attached hydrogen (secondary N) is 2. The van der Waals surface area contributed by atoms with Crippen molar-refractivity contribution in [2.45, 2.75) is 12.8 Å². The highest BCUT2D eigenvalue weighted by Crippen LogP contribution is 2.31. The van der Waals surface area contributed by atoms with E-state index >= 15 is 0 Å². The summed E-state index contributed by atoms with van der Waals surface area (Å²) in [5, 5.41) is 5.23. The van der Waals surface area contributed by atoms with Crippen molar-refractivity contribution in [1.29, 1.82) is 0 Å². The number of carbonyl (C=O) groups excluding carboxylic acids is 1. The molecule has 0 unspecified atom stereocenters. The molecule has 0 aliphatic heterocycles. The van der Waals surface area contributed by atoms with Gasteiger partial charge in [-0.05, 0) is 42.3 Å². The third-order valence-electron chi connectivity index (χ3n) is 5.79. The Bertz CT molecular complexity index is 1380. The monoisotopic (exact) mass is 472 g/mol. The predicted octanol–water partition coefficient (Wildman–Crippen LogP) is 6.55. The summed E-state index contributed by atoms with van der Waals surface area (Å²) in [4.78, 5) is 16.4. The second-order valence-corrected chi connectivity index (χ2v) is 8.57. The minimum absolute atomic E-state index is 0.00196. The summed E-state index contributed by atoms with van der Waals surface area (Å²) in [6.07, 6.45) is 2.04. The average molecular weight is 473 g/mol. The molecule has 4 nitrogen and oxygen atoms in total. The zero-order chi connectivity index (χ0) is 21.4. The normalized spacial score (nSPS) is 12.3. The molecule has 2 N–H and O–H groups in total. The van der Waals surface area contributed by atoms with Crippen molar-refractivity contribution in [1.82, 2.24) is 10.3 Å². The van der Waals surface area contributed by atoms with E-state index in [9.17, 15) is 4.79 Å². The number of amides is 1. The van der Waals surface area contributed by atoms with Crippen molar-refractivity contribution in [3.05, 3.63) is 106 Å². The number of furan rings is 1. The first-order valence-corrected chi connectivity index (χ1v) is 11.0. The van der Waals surface area contributed by atoms with Crippen LogP contribution in [0.25, 0.3) is 21.9 Å². The van der Waals surface area contributed by atoms with Crippen LogP contribution in [0.2, 0.25) is 0 Å². The van der Waals surface area contributed by atoms with Crippen molar-refractivity contribution >= 4 is 43.7 Å². The molecule has 2 heterocycles. The second-order valence-electron chi connectivity index (χ2n) is 7.66. The van der Waals surface area contributed by atoms with Crippen LogP contribution in [0.4, 0.5) is 0 Å². The van der Waals surface area contributed by atoms with Gasteiger partial charge in [0.15, 0.2) is 5.76 Å². The van der Waals surface area contributed by atoms with E-state index < -0.39 is 0 Å². The lowest BCUT2D eigenvalue weighted by molar-refractivity contribution is 0.0926. The predicted molar refractivity (Wildman–Crippen MR) is 128 cm³/mol. The van der Waals surface area contributed by atoms with Gasteiger partial charge in [0.25, 0.3) is 5.91 Å². The van der Waals surface area contributed by atoms with Gasteiger partial charge < -0.3 is 14.7 Å². The number of H-pyrrole nitrogens is 1. The van der Waals surface area contributed by atoms with Gasteiger partial charge in [0.1, 0.15) is 5.58 Å². The summed E-state index contributed by atoms with van der Waals surface area (Å²) in [7, 11) is 0. The van der Waals surface area contributed by atoms with Crippen LogP contribution < -0.4 is 5.32 Å². The van der Waals surface area contributed by atoms with Crippen LogP contribution in [0, 0.1) is 6.92 Å². The van der Waals surface area contributed by atoms with Crippen LogP contribution in [0.1, 0.15) is 33.2 Å². The van der Waals surface area contributed by atoms with E-state index in [1.54, 1.807) is 0 Å². The quantitative estimate of drug-likeness (QED) is 0.304. The van der Waals surface area contributed by atoms with E-state index in [1.807, 2.05) is 61.7 Å². The zero-order valence-electron chi connectivity index (χ0n) is 17.0. The van der Waals surface area contributed by atoms with E-state index in [-0.39, 0.29) is 11.8 Å². The molecular weight excluding hydrogens is 452 g/mol. The highest BCUT2D eigenvalue weighted by Gasteiger charge is 2.22. The summed E-state index contributed by atoms with van der Waals surface area (Å²) < 4.78 is 6.87. The molecule has 0 aliphatic rings. The first-order valence-electron chi connectivity index (χ1n) is 10.2. The molecule has 0 aliphatic carbocycles. The minimum Gasteiger partial charge on any atom is -0.451 e. The van der Waals surface area contributed by atoms with Gasteiger partial charge in [0.2, 0.25) is 0 Å². The van der Waals surface area contributed by atoms with E-state index in [0.29, 0.717) is 12.3 Å². The Morgan fingerprint density at radius 1 is 1.00 bits per heavy atom. The lowest BCUT2D eigenvalue weighted by atomic mass is 9.91. The minimum atomic E-state index is -0.198. The molecule has 0 fully saturated rings. The number of rotatable bonds is 5. The average Bonchev–Trinajstić information content (AvgIpc) is 3.37. The van der Waals surface area contributed by atoms with Crippen molar-refractivity contribution in [3.8, 4) is 0 Å². The van der Waals surface area contributed by atoms with E-state index in [2.05, 4.69) is 50.5 Å². The summed E-state index contributed by atoms with van der Waals surface area (Å²) in [6, 6.07) is 24.2. The standard InChI is InChI=1S/C26H21BrN2O2/c1-16-19-6-3-5-9-24(19)31-25(16)26(30)29-14-21(17-10-12-18(27)13-11-17)22-15-28-23-8-4-2-7-20(22)23/h2-13,15,21,28H,14H2,1H3,(H,29,30)/t21-/m1/s1. The number of hydrogen-bond acceptors (Lipinski definition) is 2. The van der Waals surface area contributed by atoms with Crippen LogP contribution in [-0.4, -0.2) is 17.4 Å². The van der Waals surface area contributed by atoms with Crippen molar-refractivity contribution in [3.63, 3.8) is 0 Å². The van der Waals surface area contributed by atoms with Gasteiger partial charge in [-0.25, -0.2) is 0 Å². The van der Waals surface area contributed by atoms with Crippen molar-refractivity contribution in [2.75, 3.05) is 6.54 Å². The lowest BCUT2D eigenvalue weighted by Crippen LogP contribution is -2.29. The second kappa shape index (κ2) is 8.08. The molecule has 5 rings (SSSR count). The summed E-state index contributed by atoms with van der Waals surface area (Å²) in [5.74, 6) is 0.170. The smallest absolute Gasteiger partial charge is 0.287 e. The molecule has 5 aromatic rings. The van der Waals surface area contributed by atoms with Gasteiger partial charge in [-0.2, -0.15) is 0 Å². The van der Waals surface area contributed by atoms with E-state index in [0.717, 1.165) is 43.0 Å². The number of carbonyl (C=O) groups is 1. The number of aromatic nitrogens is 1. The molecule has 31 heavy (non-hydrogen) atoms. The van der Waals surface area contributed by atoms with Gasteiger partial charge in [-0.1, -0.05) is 64.5 Å². The van der Waals surface area contributed by atoms with Gasteiger partial charge in [-0.15, -0.1) is 0 Å². The number of benzene rings is 3. The number of halogens is 1. The Morgan fingerprint density at radius 3 is 2.48 bits per heavy atom. The zero-order valence-corrected chi connectivity index (χ0v) is 18.6. The van der Waals surface area contributed by atoms with Crippen LogP contribution >= 0.6 is 15.9 Å². The molecule has 1 atom stereocenters. The van der Waals surface area contributed by atoms with Gasteiger partial charge >= 0.3 is 0 Å². The van der Waals surface area contributed by atoms with Crippen LogP contribution in [0.5, 0.6) is 0 Å². The van der Waals surface area contributed by atoms with Gasteiger partial charge in [0, 0.05) is 45.0 Å². The highest BCUT2D eigenvalue weighted by molar-refractivity contribution is 9.10. The maximum Gasteiger partial charge on any atom is 0.287 e. The molecule has 0 spiro atoms. The van der Waals surface area contributed by atoms with E-state index in [1.165, 1.54) is 0 Å². The Labute approximate surface area is 188 Å². The number of aryl methyl sites for hydroxylation is 1. The Balaban J connectivity index is 1.48. The summed E-state index contributed by atoms with van der Waals surface area (Å²) in [5.41, 5.74) is 4.96. The maximum atomic E-state index is 13.0. The number of hydrogen-bond donors (Lipinski definition) is 2. The van der Waals surface area contributed by atoms with E-state index in [4.69, 9.17) is 4.42 Å². The first kappa shape index (κ1) is 19.6. The molecule has 0 saturated heterocycles. The molecule has 154 valence electrons. The molecule has 2 aromatic heterocycles. The molecule has 1 amide bonds. The molecule has 0 bridgehead atoms. The highest BCUT2D eigenvalue weighted by atomic mass is 79.9. The Kier molecular flexibility index (Phi) is 5.12. The Hall–Kier alpha value is -3.31. The maximum absolute atomic E-state index is 13.0. The number of fused-ring (bicyclic) bond motifs is 2. The number of aromatic amines is 1.